The lowest BCUT2D eigenvalue weighted by Gasteiger charge is -2.61. The van der Waals surface area contributed by atoms with Crippen LogP contribution < -0.4 is 0 Å². The summed E-state index contributed by atoms with van der Waals surface area (Å²) < 4.78 is 0. The Hall–Kier alpha value is -0.0400. The van der Waals surface area contributed by atoms with Gasteiger partial charge in [0.25, 0.3) is 0 Å². The number of hydrogen-bond donors (Lipinski definition) is 0. The minimum atomic E-state index is -0.258. The van der Waals surface area contributed by atoms with E-state index in [1.54, 1.807) is 0 Å². The fourth-order valence-corrected chi connectivity index (χ4v) is 9.24. The van der Waals surface area contributed by atoms with Crippen LogP contribution in [0.25, 0.3) is 0 Å². The maximum absolute atomic E-state index is 12.2. The molecule has 0 heterocycles. The van der Waals surface area contributed by atoms with E-state index in [1.165, 1.54) is 64.2 Å². The SMILES string of the molecule is CC(C)CCC[C@@H](C)[C@H]1CCC2C3CC[C@H]4C[C@@H]([O])CC[C@]4(C)C3CC[C@@]21C. The largest absolute Gasteiger partial charge is 0.233 e. The first kappa shape index (κ1) is 21.2. The van der Waals surface area contributed by atoms with Crippen molar-refractivity contribution in [2.75, 3.05) is 0 Å². The summed E-state index contributed by atoms with van der Waals surface area (Å²) >= 11 is 0. The van der Waals surface area contributed by atoms with Crippen molar-refractivity contribution in [3.63, 3.8) is 0 Å². The highest BCUT2D eigenvalue weighted by atomic mass is 16.3. The molecule has 0 aromatic rings. The number of fused-ring (bicyclic) bond motifs is 5. The van der Waals surface area contributed by atoms with Crippen LogP contribution in [-0.2, 0) is 5.11 Å². The predicted octanol–water partition coefficient (Wildman–Crippen LogP) is 7.91. The second-order valence-electron chi connectivity index (χ2n) is 12.6. The van der Waals surface area contributed by atoms with E-state index in [2.05, 4.69) is 34.6 Å². The van der Waals surface area contributed by atoms with Crippen molar-refractivity contribution >= 4 is 0 Å². The Balaban J connectivity index is 1.46. The van der Waals surface area contributed by atoms with Crippen LogP contribution in [0.2, 0.25) is 0 Å². The first-order chi connectivity index (χ1) is 13.3. The molecule has 4 aliphatic carbocycles. The summed E-state index contributed by atoms with van der Waals surface area (Å²) in [5.41, 5.74) is 1.10. The lowest BCUT2D eigenvalue weighted by molar-refractivity contribution is -0.136. The van der Waals surface area contributed by atoms with Gasteiger partial charge in [0.05, 0.1) is 6.10 Å². The van der Waals surface area contributed by atoms with Gasteiger partial charge in [-0.05, 0) is 110 Å². The van der Waals surface area contributed by atoms with Gasteiger partial charge in [0.2, 0.25) is 0 Å². The second kappa shape index (κ2) is 7.90. The van der Waals surface area contributed by atoms with Crippen LogP contribution in [-0.4, -0.2) is 6.10 Å². The molecule has 0 aromatic heterocycles. The smallest absolute Gasteiger partial charge is 0.0933 e. The highest BCUT2D eigenvalue weighted by Crippen LogP contribution is 2.68. The Bertz CT molecular complexity index is 540. The van der Waals surface area contributed by atoms with Gasteiger partial charge < -0.3 is 0 Å². The summed E-state index contributed by atoms with van der Waals surface area (Å²) in [6, 6.07) is 0. The highest BCUT2D eigenvalue weighted by Gasteiger charge is 2.60. The van der Waals surface area contributed by atoms with E-state index < -0.39 is 0 Å². The van der Waals surface area contributed by atoms with Crippen LogP contribution >= 0.6 is 0 Å². The third-order valence-electron chi connectivity index (χ3n) is 10.8. The molecule has 4 saturated carbocycles. The minimum Gasteiger partial charge on any atom is -0.233 e. The molecule has 4 fully saturated rings. The van der Waals surface area contributed by atoms with E-state index >= 15 is 0 Å². The molecule has 0 N–H and O–H groups in total. The zero-order valence-electron chi connectivity index (χ0n) is 19.5. The van der Waals surface area contributed by atoms with Gasteiger partial charge in [-0.1, -0.05) is 53.9 Å². The molecule has 0 saturated heterocycles. The van der Waals surface area contributed by atoms with Gasteiger partial charge in [0.15, 0.2) is 0 Å². The molecule has 9 atom stereocenters. The van der Waals surface area contributed by atoms with Gasteiger partial charge in [-0.2, -0.15) is 0 Å². The van der Waals surface area contributed by atoms with Gasteiger partial charge in [0, 0.05) is 0 Å². The lowest BCUT2D eigenvalue weighted by atomic mass is 9.44. The number of rotatable bonds is 5. The summed E-state index contributed by atoms with van der Waals surface area (Å²) in [6.07, 6.45) is 15.9. The molecule has 0 aliphatic heterocycles. The van der Waals surface area contributed by atoms with Crippen molar-refractivity contribution in [2.45, 2.75) is 118 Å². The maximum Gasteiger partial charge on any atom is 0.0933 e. The molecule has 4 aliphatic rings. The molecule has 3 unspecified atom stereocenters. The molecular formula is C27H47O. The Kier molecular flexibility index (Phi) is 5.98. The summed E-state index contributed by atoms with van der Waals surface area (Å²) in [5, 5.41) is 12.2. The average Bonchev–Trinajstić information content (AvgIpc) is 2.99. The van der Waals surface area contributed by atoms with Crippen LogP contribution in [0.1, 0.15) is 112 Å². The first-order valence-corrected chi connectivity index (χ1v) is 12.9. The molecule has 0 spiro atoms. The van der Waals surface area contributed by atoms with Crippen molar-refractivity contribution in [1.29, 1.82) is 0 Å². The van der Waals surface area contributed by atoms with Crippen LogP contribution in [0.5, 0.6) is 0 Å². The Morgan fingerprint density at radius 1 is 0.821 bits per heavy atom. The predicted molar refractivity (Wildman–Crippen MR) is 118 cm³/mol. The minimum absolute atomic E-state index is 0.258. The molecule has 28 heavy (non-hydrogen) atoms. The highest BCUT2D eigenvalue weighted by molar-refractivity contribution is 5.09. The molecular weight excluding hydrogens is 340 g/mol. The van der Waals surface area contributed by atoms with Gasteiger partial charge in [-0.25, -0.2) is 5.11 Å². The molecule has 0 bridgehead atoms. The van der Waals surface area contributed by atoms with E-state index in [-0.39, 0.29) is 6.10 Å². The summed E-state index contributed by atoms with van der Waals surface area (Å²) in [4.78, 5) is 0. The van der Waals surface area contributed by atoms with Crippen LogP contribution in [0.15, 0.2) is 0 Å². The zero-order chi connectivity index (χ0) is 20.1. The van der Waals surface area contributed by atoms with E-state index in [9.17, 15) is 5.11 Å². The summed E-state index contributed by atoms with van der Waals surface area (Å²) in [6.45, 7) is 12.6. The van der Waals surface area contributed by atoms with Crippen LogP contribution in [0.4, 0.5) is 0 Å². The van der Waals surface area contributed by atoms with Crippen LogP contribution in [0, 0.1) is 52.3 Å². The zero-order valence-corrected chi connectivity index (χ0v) is 19.5. The normalized spacial score (nSPS) is 49.4. The lowest BCUT2D eigenvalue weighted by Crippen LogP contribution is -2.54. The van der Waals surface area contributed by atoms with E-state index in [4.69, 9.17) is 0 Å². The molecule has 4 rings (SSSR count). The van der Waals surface area contributed by atoms with Crippen LogP contribution in [0.3, 0.4) is 0 Å². The molecule has 0 amide bonds. The topological polar surface area (TPSA) is 19.9 Å². The van der Waals surface area contributed by atoms with Gasteiger partial charge in [-0.3, -0.25) is 0 Å². The fraction of sp³-hybridized carbons (Fsp3) is 1.00. The van der Waals surface area contributed by atoms with Gasteiger partial charge >= 0.3 is 0 Å². The van der Waals surface area contributed by atoms with E-state index in [0.717, 1.165) is 54.3 Å². The third-order valence-corrected chi connectivity index (χ3v) is 10.8. The van der Waals surface area contributed by atoms with Crippen molar-refractivity contribution < 1.29 is 5.11 Å². The van der Waals surface area contributed by atoms with Gasteiger partial charge in [-0.15, -0.1) is 0 Å². The summed E-state index contributed by atoms with van der Waals surface area (Å²) in [5.74, 6) is 6.34. The second-order valence-corrected chi connectivity index (χ2v) is 12.6. The Labute approximate surface area is 175 Å². The van der Waals surface area contributed by atoms with Crippen molar-refractivity contribution in [3.05, 3.63) is 0 Å². The molecule has 161 valence electrons. The fourth-order valence-electron chi connectivity index (χ4n) is 9.24. The molecule has 1 radical (unpaired) electrons. The Morgan fingerprint density at radius 3 is 2.29 bits per heavy atom. The monoisotopic (exact) mass is 387 g/mol. The molecule has 1 heteroatoms. The van der Waals surface area contributed by atoms with Crippen molar-refractivity contribution in [1.82, 2.24) is 0 Å². The quantitative estimate of drug-likeness (QED) is 0.457. The number of hydrogen-bond acceptors (Lipinski definition) is 0. The summed E-state index contributed by atoms with van der Waals surface area (Å²) in [7, 11) is 0. The molecule has 0 aromatic carbocycles. The van der Waals surface area contributed by atoms with E-state index in [1.807, 2.05) is 0 Å². The Morgan fingerprint density at radius 2 is 1.54 bits per heavy atom. The molecule has 1 nitrogen and oxygen atoms in total. The average molecular weight is 388 g/mol. The van der Waals surface area contributed by atoms with Crippen molar-refractivity contribution in [3.8, 4) is 0 Å². The van der Waals surface area contributed by atoms with Crippen molar-refractivity contribution in [2.24, 2.45) is 52.3 Å². The maximum atomic E-state index is 12.2. The van der Waals surface area contributed by atoms with Gasteiger partial charge in [0.1, 0.15) is 0 Å². The standard InChI is InChI=1S/C27H47O/c1-18(2)7-6-8-19(3)23-11-12-24-22-10-9-20-17-21(28)13-15-26(20,4)25(22)14-16-27(23,24)5/h18-25H,6-17H2,1-5H3/t19-,20+,21+,22?,23-,24?,25?,26+,27-/m1/s1. The van der Waals surface area contributed by atoms with E-state index in [0.29, 0.717) is 10.8 Å². The first-order valence-electron chi connectivity index (χ1n) is 12.9. The third kappa shape index (κ3) is 3.50.